The molecule has 1 aliphatic carbocycles. The Bertz CT molecular complexity index is 190. The Labute approximate surface area is 99.1 Å². The molecule has 3 heteroatoms. The highest BCUT2D eigenvalue weighted by molar-refractivity contribution is 4.96. The molecule has 96 valence electrons. The third-order valence-corrected chi connectivity index (χ3v) is 3.12. The lowest BCUT2D eigenvalue weighted by Crippen LogP contribution is -2.27. The summed E-state index contributed by atoms with van der Waals surface area (Å²) in [6.45, 7) is 6.79. The van der Waals surface area contributed by atoms with Gasteiger partial charge in [-0.3, -0.25) is 0 Å². The van der Waals surface area contributed by atoms with Gasteiger partial charge in [-0.2, -0.15) is 0 Å². The molecule has 2 atom stereocenters. The third-order valence-electron chi connectivity index (χ3n) is 3.12. The third kappa shape index (κ3) is 4.81. The van der Waals surface area contributed by atoms with E-state index in [-0.39, 0.29) is 24.4 Å². The molecule has 3 nitrogen and oxygen atoms in total. The van der Waals surface area contributed by atoms with Gasteiger partial charge in [-0.15, -0.1) is 0 Å². The lowest BCUT2D eigenvalue weighted by atomic mass is 10.1. The Morgan fingerprint density at radius 3 is 2.44 bits per heavy atom. The van der Waals surface area contributed by atoms with Crippen LogP contribution in [0.3, 0.4) is 0 Å². The fourth-order valence-corrected chi connectivity index (χ4v) is 1.88. The molecule has 0 saturated heterocycles. The smallest absolute Gasteiger partial charge is 0.0788 e. The van der Waals surface area contributed by atoms with Crippen molar-refractivity contribution >= 4 is 0 Å². The quantitative estimate of drug-likeness (QED) is 0.661. The van der Waals surface area contributed by atoms with Gasteiger partial charge in [0.1, 0.15) is 0 Å². The van der Waals surface area contributed by atoms with E-state index >= 15 is 0 Å². The number of rotatable bonds is 9. The van der Waals surface area contributed by atoms with Crippen LogP contribution in [0.5, 0.6) is 0 Å². The molecule has 16 heavy (non-hydrogen) atoms. The van der Waals surface area contributed by atoms with Gasteiger partial charge in [0.15, 0.2) is 0 Å². The zero-order chi connectivity index (χ0) is 12.0. The normalized spacial score (nSPS) is 21.8. The first-order valence-electron chi connectivity index (χ1n) is 6.52. The van der Waals surface area contributed by atoms with E-state index < -0.39 is 0 Å². The zero-order valence-electron chi connectivity index (χ0n) is 10.9. The van der Waals surface area contributed by atoms with Crippen LogP contribution in [0.25, 0.3) is 0 Å². The summed E-state index contributed by atoms with van der Waals surface area (Å²) in [5.74, 6) is 0. The average Bonchev–Trinajstić information content (AvgIpc) is 3.03. The lowest BCUT2D eigenvalue weighted by Gasteiger charge is -2.23. The molecular weight excluding hydrogens is 204 g/mol. The van der Waals surface area contributed by atoms with Crippen LogP contribution in [0.1, 0.15) is 52.9 Å². The molecule has 1 N–H and O–H groups in total. The van der Waals surface area contributed by atoms with Crippen LogP contribution < -0.4 is 0 Å². The Hall–Kier alpha value is -0.120. The van der Waals surface area contributed by atoms with Gasteiger partial charge in [0.2, 0.25) is 0 Å². The summed E-state index contributed by atoms with van der Waals surface area (Å²) in [5.41, 5.74) is 0.168. The topological polar surface area (TPSA) is 38.7 Å². The maximum atomic E-state index is 8.84. The van der Waals surface area contributed by atoms with E-state index in [4.69, 9.17) is 14.6 Å². The van der Waals surface area contributed by atoms with Crippen LogP contribution in [0, 0.1) is 0 Å². The van der Waals surface area contributed by atoms with Crippen LogP contribution in [-0.2, 0) is 9.47 Å². The van der Waals surface area contributed by atoms with Crippen molar-refractivity contribution in [2.75, 3.05) is 13.2 Å². The molecule has 0 aromatic rings. The number of hydrogen-bond acceptors (Lipinski definition) is 3. The first kappa shape index (κ1) is 13.9. The van der Waals surface area contributed by atoms with Gasteiger partial charge < -0.3 is 14.6 Å². The molecule has 0 radical (unpaired) electrons. The summed E-state index contributed by atoms with van der Waals surface area (Å²) < 4.78 is 11.5. The van der Waals surface area contributed by atoms with Crippen LogP contribution in [0.2, 0.25) is 0 Å². The predicted molar refractivity (Wildman–Crippen MR) is 64.5 cm³/mol. The van der Waals surface area contributed by atoms with E-state index in [1.165, 1.54) is 32.1 Å². The Morgan fingerprint density at radius 1 is 1.25 bits per heavy atom. The SMILES string of the molecule is CCCCC1(OC(C)COC(C)CO)CC1. The number of unbranched alkanes of at least 4 members (excludes halogenated alkanes) is 1. The molecule has 2 unspecified atom stereocenters. The van der Waals surface area contributed by atoms with E-state index in [0.717, 1.165) is 0 Å². The van der Waals surface area contributed by atoms with E-state index in [1.54, 1.807) is 0 Å². The summed E-state index contributed by atoms with van der Waals surface area (Å²) in [5, 5.41) is 8.84. The second-order valence-corrected chi connectivity index (χ2v) is 5.04. The number of aliphatic hydroxyl groups excluding tert-OH is 1. The first-order valence-corrected chi connectivity index (χ1v) is 6.52. The number of ether oxygens (including phenoxy) is 2. The van der Waals surface area contributed by atoms with Crippen LogP contribution >= 0.6 is 0 Å². The van der Waals surface area contributed by atoms with Crippen molar-refractivity contribution in [3.05, 3.63) is 0 Å². The minimum Gasteiger partial charge on any atom is -0.394 e. The van der Waals surface area contributed by atoms with Crippen molar-refractivity contribution in [1.29, 1.82) is 0 Å². The highest BCUT2D eigenvalue weighted by Gasteiger charge is 2.44. The molecular formula is C13H26O3. The Morgan fingerprint density at radius 2 is 1.94 bits per heavy atom. The molecule has 1 rings (SSSR count). The van der Waals surface area contributed by atoms with Crippen molar-refractivity contribution in [2.45, 2.75) is 70.7 Å². The van der Waals surface area contributed by atoms with Gasteiger partial charge in [0, 0.05) is 0 Å². The maximum Gasteiger partial charge on any atom is 0.0788 e. The standard InChI is InChI=1S/C13H26O3/c1-4-5-6-13(7-8-13)16-12(3)10-15-11(2)9-14/h11-12,14H,4-10H2,1-3H3. The van der Waals surface area contributed by atoms with Crippen LogP contribution in [0.15, 0.2) is 0 Å². The second kappa shape index (κ2) is 6.58. The Kier molecular flexibility index (Phi) is 5.73. The van der Waals surface area contributed by atoms with Gasteiger partial charge in [0.05, 0.1) is 31.0 Å². The minimum atomic E-state index is -0.0863. The molecule has 0 spiro atoms. The molecule has 0 aliphatic heterocycles. The molecule has 1 fully saturated rings. The van der Waals surface area contributed by atoms with Crippen molar-refractivity contribution in [3.8, 4) is 0 Å². The van der Waals surface area contributed by atoms with E-state index in [0.29, 0.717) is 6.61 Å². The molecule has 1 saturated carbocycles. The van der Waals surface area contributed by atoms with Crippen molar-refractivity contribution in [1.82, 2.24) is 0 Å². The summed E-state index contributed by atoms with van der Waals surface area (Å²) in [6.07, 6.45) is 6.12. The maximum absolute atomic E-state index is 8.84. The van der Waals surface area contributed by atoms with E-state index in [1.807, 2.05) is 6.92 Å². The highest BCUT2D eigenvalue weighted by atomic mass is 16.6. The van der Waals surface area contributed by atoms with Crippen LogP contribution in [0.4, 0.5) is 0 Å². The van der Waals surface area contributed by atoms with Gasteiger partial charge >= 0.3 is 0 Å². The number of hydrogen-bond donors (Lipinski definition) is 1. The molecule has 1 aliphatic rings. The zero-order valence-corrected chi connectivity index (χ0v) is 10.9. The molecule has 0 amide bonds. The molecule has 0 aromatic heterocycles. The summed E-state index contributed by atoms with van der Waals surface area (Å²) in [7, 11) is 0. The average molecular weight is 230 g/mol. The lowest BCUT2D eigenvalue weighted by molar-refractivity contribution is -0.0849. The first-order chi connectivity index (χ1) is 7.62. The fourth-order valence-electron chi connectivity index (χ4n) is 1.88. The van der Waals surface area contributed by atoms with Crippen molar-refractivity contribution in [3.63, 3.8) is 0 Å². The Balaban J connectivity index is 2.15. The summed E-state index contributed by atoms with van der Waals surface area (Å²) in [4.78, 5) is 0. The second-order valence-electron chi connectivity index (χ2n) is 5.04. The minimum absolute atomic E-state index is 0.0771. The molecule has 0 bridgehead atoms. The van der Waals surface area contributed by atoms with Gasteiger partial charge in [0.25, 0.3) is 0 Å². The summed E-state index contributed by atoms with van der Waals surface area (Å²) >= 11 is 0. The van der Waals surface area contributed by atoms with Gasteiger partial charge in [-0.1, -0.05) is 19.8 Å². The highest BCUT2D eigenvalue weighted by Crippen LogP contribution is 2.44. The van der Waals surface area contributed by atoms with Crippen molar-refractivity contribution < 1.29 is 14.6 Å². The number of aliphatic hydroxyl groups is 1. The van der Waals surface area contributed by atoms with Gasteiger partial charge in [-0.05, 0) is 33.1 Å². The van der Waals surface area contributed by atoms with E-state index in [2.05, 4.69) is 13.8 Å². The molecule has 0 heterocycles. The predicted octanol–water partition coefficient (Wildman–Crippen LogP) is 2.51. The van der Waals surface area contributed by atoms with E-state index in [9.17, 15) is 0 Å². The van der Waals surface area contributed by atoms with Gasteiger partial charge in [-0.25, -0.2) is 0 Å². The monoisotopic (exact) mass is 230 g/mol. The van der Waals surface area contributed by atoms with Crippen LogP contribution in [-0.4, -0.2) is 36.1 Å². The van der Waals surface area contributed by atoms with Crippen molar-refractivity contribution in [2.24, 2.45) is 0 Å². The largest absolute Gasteiger partial charge is 0.394 e. The molecule has 0 aromatic carbocycles. The fraction of sp³-hybridized carbons (Fsp3) is 1.00. The summed E-state index contributed by atoms with van der Waals surface area (Å²) in [6, 6.07) is 0.